The van der Waals surface area contributed by atoms with E-state index in [1.807, 2.05) is 31.2 Å². The monoisotopic (exact) mass is 396 g/mol. The van der Waals surface area contributed by atoms with Crippen LogP contribution in [-0.2, 0) is 0 Å². The summed E-state index contributed by atoms with van der Waals surface area (Å²) in [5.41, 5.74) is 2.92. The molecule has 0 aliphatic carbocycles. The van der Waals surface area contributed by atoms with Gasteiger partial charge >= 0.3 is 0 Å². The lowest BCUT2D eigenvalue weighted by molar-refractivity contribution is 0.355. The fourth-order valence-corrected chi connectivity index (χ4v) is 3.83. The third kappa shape index (κ3) is 2.40. The number of rotatable bonds is 2. The van der Waals surface area contributed by atoms with E-state index in [2.05, 4.69) is 11.1 Å². The van der Waals surface area contributed by atoms with Crippen LogP contribution in [0.5, 0.6) is 11.5 Å². The highest BCUT2D eigenvalue weighted by molar-refractivity contribution is 5.95. The second-order valence-corrected chi connectivity index (χ2v) is 7.02. The van der Waals surface area contributed by atoms with Crippen molar-refractivity contribution >= 4 is 38.5 Å². The number of ether oxygens (including phenoxy) is 2. The van der Waals surface area contributed by atoms with Crippen LogP contribution in [0.1, 0.15) is 11.1 Å². The molecule has 146 valence electrons. The minimum absolute atomic E-state index is 0.259. The fraction of sp³-hybridized carbons (Fsp3) is 0.130. The number of aryl methyl sites for hydroxylation is 1. The highest BCUT2D eigenvalue weighted by Gasteiger charge is 2.17. The lowest BCUT2D eigenvalue weighted by atomic mass is 10.1. The quantitative estimate of drug-likeness (QED) is 0.333. The molecule has 0 fully saturated rings. The first-order chi connectivity index (χ1) is 14.5. The lowest BCUT2D eigenvalue weighted by Gasteiger charge is -2.12. The Morgan fingerprint density at radius 3 is 2.47 bits per heavy atom. The maximum Gasteiger partial charge on any atom is 0.267 e. The first kappa shape index (κ1) is 17.9. The maximum absolute atomic E-state index is 13.5. The van der Waals surface area contributed by atoms with E-state index in [1.165, 1.54) is 18.6 Å². The Morgan fingerprint density at radius 2 is 1.73 bits per heavy atom. The molecular weight excluding hydrogens is 380 g/mol. The number of hydrogen-bond acceptors (Lipinski definition) is 6. The highest BCUT2D eigenvalue weighted by atomic mass is 16.5. The summed E-state index contributed by atoms with van der Waals surface area (Å²) >= 11 is 0. The summed E-state index contributed by atoms with van der Waals surface area (Å²) in [6.45, 7) is 1.97. The Bertz CT molecular complexity index is 1610. The van der Waals surface area contributed by atoms with E-state index in [9.17, 15) is 10.1 Å². The van der Waals surface area contributed by atoms with Gasteiger partial charge in [-0.1, -0.05) is 18.2 Å². The van der Waals surface area contributed by atoms with E-state index < -0.39 is 0 Å². The summed E-state index contributed by atoms with van der Waals surface area (Å²) < 4.78 is 12.1. The molecule has 0 saturated carbocycles. The Morgan fingerprint density at radius 1 is 0.967 bits per heavy atom. The molecule has 0 radical (unpaired) electrons. The number of fused-ring (bicyclic) bond motifs is 5. The van der Waals surface area contributed by atoms with Crippen LogP contribution >= 0.6 is 0 Å². The Balaban J connectivity index is 2.04. The van der Waals surface area contributed by atoms with Crippen LogP contribution in [-0.4, -0.2) is 28.6 Å². The van der Waals surface area contributed by atoms with Crippen molar-refractivity contribution in [3.05, 3.63) is 63.9 Å². The van der Waals surface area contributed by atoms with Crippen molar-refractivity contribution in [2.75, 3.05) is 14.2 Å². The molecule has 3 aromatic heterocycles. The number of nitrogens with zero attached hydrogens (tertiary/aromatic N) is 4. The summed E-state index contributed by atoms with van der Waals surface area (Å²) in [6.07, 6.45) is 0. The van der Waals surface area contributed by atoms with Crippen molar-refractivity contribution in [3.63, 3.8) is 0 Å². The molecule has 7 heteroatoms. The van der Waals surface area contributed by atoms with E-state index in [1.54, 1.807) is 18.2 Å². The average molecular weight is 396 g/mol. The maximum atomic E-state index is 13.5. The zero-order chi connectivity index (χ0) is 21.0. The Labute approximate surface area is 170 Å². The van der Waals surface area contributed by atoms with Crippen molar-refractivity contribution in [3.8, 4) is 17.6 Å². The van der Waals surface area contributed by atoms with E-state index in [-0.39, 0.29) is 11.2 Å². The zero-order valence-corrected chi connectivity index (χ0v) is 16.6. The number of nitriles is 1. The molecule has 0 bridgehead atoms. The molecule has 2 aromatic carbocycles. The molecule has 0 spiro atoms. The number of hydrogen-bond donors (Lipinski definition) is 0. The molecule has 7 nitrogen and oxygen atoms in total. The SMILES string of the molecule is COc1cc2nc3c(C#N)cc4cc5cccc(C)c5nc4n3c(=O)c2cc1OC. The topological polar surface area (TPSA) is 89.5 Å². The van der Waals surface area contributed by atoms with Gasteiger partial charge in [0, 0.05) is 16.8 Å². The molecule has 0 aliphatic rings. The van der Waals surface area contributed by atoms with Gasteiger partial charge < -0.3 is 9.47 Å². The van der Waals surface area contributed by atoms with Gasteiger partial charge in [-0.15, -0.1) is 0 Å². The average Bonchev–Trinajstić information content (AvgIpc) is 2.76. The molecule has 0 aliphatic heterocycles. The molecule has 5 rings (SSSR count). The van der Waals surface area contributed by atoms with Crippen LogP contribution in [0.2, 0.25) is 0 Å². The van der Waals surface area contributed by atoms with E-state index in [0.717, 1.165) is 16.5 Å². The minimum Gasteiger partial charge on any atom is -0.493 e. The van der Waals surface area contributed by atoms with Crippen LogP contribution in [0.25, 0.3) is 38.5 Å². The van der Waals surface area contributed by atoms with Gasteiger partial charge in [0.25, 0.3) is 5.56 Å². The van der Waals surface area contributed by atoms with E-state index in [0.29, 0.717) is 39.0 Å². The van der Waals surface area contributed by atoms with Gasteiger partial charge in [0.2, 0.25) is 0 Å². The van der Waals surface area contributed by atoms with Crippen molar-refractivity contribution in [1.82, 2.24) is 14.4 Å². The van der Waals surface area contributed by atoms with Crippen LogP contribution in [0, 0.1) is 18.3 Å². The van der Waals surface area contributed by atoms with Crippen LogP contribution in [0.15, 0.2) is 47.3 Å². The van der Waals surface area contributed by atoms with Gasteiger partial charge in [-0.2, -0.15) is 5.26 Å². The molecule has 0 amide bonds. The van der Waals surface area contributed by atoms with E-state index in [4.69, 9.17) is 14.5 Å². The molecule has 0 unspecified atom stereocenters. The molecule has 0 N–H and O–H groups in total. The minimum atomic E-state index is -0.321. The first-order valence-electron chi connectivity index (χ1n) is 9.27. The number of benzene rings is 2. The third-order valence-corrected chi connectivity index (χ3v) is 5.30. The van der Waals surface area contributed by atoms with Gasteiger partial charge in [0.15, 0.2) is 17.1 Å². The summed E-state index contributed by atoms with van der Waals surface area (Å²) in [5, 5.41) is 11.7. The summed E-state index contributed by atoms with van der Waals surface area (Å²) in [4.78, 5) is 22.9. The molecule has 0 saturated heterocycles. The van der Waals surface area contributed by atoms with Crippen molar-refractivity contribution in [2.24, 2.45) is 0 Å². The predicted molar refractivity (Wildman–Crippen MR) is 114 cm³/mol. The third-order valence-electron chi connectivity index (χ3n) is 5.30. The van der Waals surface area contributed by atoms with Crippen molar-refractivity contribution in [1.29, 1.82) is 5.26 Å². The molecule has 3 heterocycles. The van der Waals surface area contributed by atoms with Crippen LogP contribution < -0.4 is 15.0 Å². The van der Waals surface area contributed by atoms with Crippen LogP contribution in [0.4, 0.5) is 0 Å². The number of pyridine rings is 2. The van der Waals surface area contributed by atoms with Gasteiger partial charge in [-0.3, -0.25) is 4.79 Å². The Hall–Kier alpha value is -4.18. The second-order valence-electron chi connectivity index (χ2n) is 7.02. The van der Waals surface area contributed by atoms with Gasteiger partial charge in [-0.05, 0) is 30.7 Å². The van der Waals surface area contributed by atoms with E-state index >= 15 is 0 Å². The molecule has 5 aromatic rings. The summed E-state index contributed by atoms with van der Waals surface area (Å²) in [6, 6.07) is 15.0. The number of aromatic nitrogens is 3. The lowest BCUT2D eigenvalue weighted by Crippen LogP contribution is -2.18. The molecule has 30 heavy (non-hydrogen) atoms. The summed E-state index contributed by atoms with van der Waals surface area (Å²) in [5.74, 6) is 0.888. The largest absolute Gasteiger partial charge is 0.493 e. The predicted octanol–water partition coefficient (Wildman–Crippen LogP) is 3.75. The van der Waals surface area contributed by atoms with Gasteiger partial charge in [0.1, 0.15) is 11.7 Å². The highest BCUT2D eigenvalue weighted by Crippen LogP contribution is 2.31. The smallest absolute Gasteiger partial charge is 0.267 e. The molecular formula is C23H16N4O3. The fourth-order valence-electron chi connectivity index (χ4n) is 3.83. The normalized spacial score (nSPS) is 11.3. The van der Waals surface area contributed by atoms with Crippen LogP contribution in [0.3, 0.4) is 0 Å². The van der Waals surface area contributed by atoms with Gasteiger partial charge in [0.05, 0.1) is 36.2 Å². The first-order valence-corrected chi connectivity index (χ1v) is 9.27. The summed E-state index contributed by atoms with van der Waals surface area (Å²) in [7, 11) is 3.03. The standard InChI is InChI=1S/C23H16N4O3/c1-12-5-4-6-13-7-14-8-15(11-24)22-25-17-10-19(30-3)18(29-2)9-16(17)23(28)27(22)21(14)26-20(12)13/h4-10H,1-3H3. The number of para-hydroxylation sites is 1. The van der Waals surface area contributed by atoms with Crippen molar-refractivity contribution < 1.29 is 9.47 Å². The van der Waals surface area contributed by atoms with Gasteiger partial charge in [-0.25, -0.2) is 14.4 Å². The molecule has 0 atom stereocenters. The second kappa shape index (κ2) is 6.42. The van der Waals surface area contributed by atoms with Crippen molar-refractivity contribution in [2.45, 2.75) is 6.92 Å². The number of methoxy groups -OCH3 is 2. The zero-order valence-electron chi connectivity index (χ0n) is 16.6. The Kier molecular flexibility index (Phi) is 3.83.